The molecule has 0 aliphatic heterocycles. The Balaban J connectivity index is 1.06. The summed E-state index contributed by atoms with van der Waals surface area (Å²) < 4.78 is 9.61. The molecule has 1 amide bonds. The number of nitrogens with zero attached hydrogens (tertiary/aromatic N) is 6. The van der Waals surface area contributed by atoms with Gasteiger partial charge in [0.25, 0.3) is 16.1 Å². The first kappa shape index (κ1) is 39.8. The van der Waals surface area contributed by atoms with Crippen molar-refractivity contribution < 1.29 is 34.2 Å². The molecular formula is C41H43N7O9. The average Bonchev–Trinajstić information content (AvgIpc) is 3.73. The van der Waals surface area contributed by atoms with E-state index in [4.69, 9.17) is 14.7 Å². The van der Waals surface area contributed by atoms with Crippen LogP contribution in [-0.4, -0.2) is 67.0 Å². The normalized spacial score (nSPS) is 11.7. The summed E-state index contributed by atoms with van der Waals surface area (Å²) in [5.74, 6) is 0.857. The number of unbranched alkanes of at least 4 members (excludes halogenated alkanes) is 2. The van der Waals surface area contributed by atoms with Crippen LogP contribution >= 0.6 is 0 Å². The Kier molecular flexibility index (Phi) is 13.0. The summed E-state index contributed by atoms with van der Waals surface area (Å²) in [4.78, 5) is 65.1. The maximum atomic E-state index is 13.3. The highest BCUT2D eigenvalue weighted by Gasteiger charge is 2.18. The summed E-state index contributed by atoms with van der Waals surface area (Å²) in [5.41, 5.74) is 8.02. The van der Waals surface area contributed by atoms with Crippen LogP contribution in [0.25, 0.3) is 44.6 Å². The number of carbonyl (C=O) groups excluding carboxylic acids is 2. The summed E-state index contributed by atoms with van der Waals surface area (Å²) >= 11 is 0. The van der Waals surface area contributed by atoms with Crippen molar-refractivity contribution in [3.05, 3.63) is 128 Å². The van der Waals surface area contributed by atoms with Gasteiger partial charge in [0, 0.05) is 31.1 Å². The third-order valence-corrected chi connectivity index (χ3v) is 9.55. The minimum absolute atomic E-state index is 0.0706. The third kappa shape index (κ3) is 10.1. The number of ether oxygens (including phenoxy) is 1. The van der Waals surface area contributed by atoms with Crippen molar-refractivity contribution in [1.82, 2.24) is 24.4 Å². The number of hydrogen-bond acceptors (Lipinski definition) is 11. The van der Waals surface area contributed by atoms with E-state index in [0.29, 0.717) is 36.9 Å². The number of rotatable bonds is 20. The zero-order chi connectivity index (χ0) is 40.3. The maximum Gasteiger partial charge on any atom is 0.325 e. The van der Waals surface area contributed by atoms with E-state index < -0.39 is 34.8 Å². The zero-order valence-corrected chi connectivity index (χ0v) is 31.7. The number of aryl methyl sites for hydroxylation is 2. The van der Waals surface area contributed by atoms with E-state index in [9.17, 15) is 29.8 Å². The van der Waals surface area contributed by atoms with Gasteiger partial charge in [-0.1, -0.05) is 67.9 Å². The Labute approximate surface area is 327 Å². The van der Waals surface area contributed by atoms with Crippen LogP contribution in [0.15, 0.2) is 91.0 Å². The number of benzene rings is 4. The maximum absolute atomic E-state index is 13.3. The fraction of sp³-hybridized carbons (Fsp3) is 0.317. The number of imidazole rings is 2. The predicted octanol–water partition coefficient (Wildman–Crippen LogP) is 6.88. The molecule has 6 aromatic rings. The molecule has 0 bridgehead atoms. The second kappa shape index (κ2) is 18.7. The third-order valence-electron chi connectivity index (χ3n) is 9.55. The molecule has 4 aromatic carbocycles. The van der Waals surface area contributed by atoms with Crippen LogP contribution in [0.3, 0.4) is 0 Å². The summed E-state index contributed by atoms with van der Waals surface area (Å²) in [7, 11) is 2.03. The van der Waals surface area contributed by atoms with Gasteiger partial charge in [-0.15, -0.1) is 20.2 Å². The number of fused-ring (bicyclic) bond motifs is 2. The lowest BCUT2D eigenvalue weighted by atomic mass is 9.98. The van der Waals surface area contributed by atoms with Crippen LogP contribution in [0.1, 0.15) is 60.8 Å². The first-order chi connectivity index (χ1) is 27.6. The first-order valence-electron chi connectivity index (χ1n) is 18.7. The number of amides is 1. The highest BCUT2D eigenvalue weighted by molar-refractivity contribution is 6.02. The predicted molar refractivity (Wildman–Crippen MR) is 211 cm³/mol. The van der Waals surface area contributed by atoms with Gasteiger partial charge in [0.15, 0.2) is 0 Å². The molecule has 0 spiro atoms. The van der Waals surface area contributed by atoms with Gasteiger partial charge in [-0.2, -0.15) is 0 Å². The molecule has 16 nitrogen and oxygen atoms in total. The van der Waals surface area contributed by atoms with Gasteiger partial charge in [0.2, 0.25) is 0 Å². The van der Waals surface area contributed by atoms with Crippen molar-refractivity contribution in [2.75, 3.05) is 19.8 Å². The van der Waals surface area contributed by atoms with Gasteiger partial charge >= 0.3 is 5.97 Å². The Morgan fingerprint density at radius 1 is 0.842 bits per heavy atom. The lowest BCUT2D eigenvalue weighted by Gasteiger charge is -2.13. The van der Waals surface area contributed by atoms with Crippen molar-refractivity contribution in [1.29, 1.82) is 0 Å². The molecule has 2 aromatic heterocycles. The van der Waals surface area contributed by atoms with E-state index in [0.717, 1.165) is 63.2 Å². The fourth-order valence-corrected chi connectivity index (χ4v) is 6.78. The number of aromatic nitrogens is 4. The number of para-hydroxylation sites is 2. The van der Waals surface area contributed by atoms with Crippen LogP contribution < -0.4 is 5.32 Å². The van der Waals surface area contributed by atoms with Gasteiger partial charge in [-0.3, -0.25) is 9.59 Å². The Bertz CT molecular complexity index is 2370. The number of carbonyl (C=O) groups is 2. The van der Waals surface area contributed by atoms with Crippen LogP contribution in [0.4, 0.5) is 0 Å². The van der Waals surface area contributed by atoms with Gasteiger partial charge in [0.05, 0.1) is 28.7 Å². The topological polar surface area (TPSA) is 196 Å². The lowest BCUT2D eigenvalue weighted by molar-refractivity contribution is -0.790. The second-order valence-corrected chi connectivity index (χ2v) is 13.5. The molecule has 2 heterocycles. The van der Waals surface area contributed by atoms with Crippen molar-refractivity contribution >= 4 is 33.9 Å². The van der Waals surface area contributed by atoms with E-state index in [2.05, 4.69) is 55.3 Å². The van der Waals surface area contributed by atoms with E-state index >= 15 is 0 Å². The number of hydrogen-bond donors (Lipinski definition) is 1. The second-order valence-electron chi connectivity index (χ2n) is 13.5. The van der Waals surface area contributed by atoms with E-state index in [-0.39, 0.29) is 19.6 Å². The quantitative estimate of drug-likeness (QED) is 0.0367. The van der Waals surface area contributed by atoms with E-state index in [1.54, 1.807) is 12.1 Å². The molecular weight excluding hydrogens is 734 g/mol. The van der Waals surface area contributed by atoms with Gasteiger partial charge in [-0.05, 0) is 78.8 Å². The molecule has 57 heavy (non-hydrogen) atoms. The largest absolute Gasteiger partial charge is 0.464 e. The molecule has 0 saturated carbocycles. The fourth-order valence-electron chi connectivity index (χ4n) is 6.78. The van der Waals surface area contributed by atoms with Crippen LogP contribution in [-0.2, 0) is 39.2 Å². The summed E-state index contributed by atoms with van der Waals surface area (Å²) in [5, 5.41) is 21.6. The highest BCUT2D eigenvalue weighted by Crippen LogP contribution is 2.29. The minimum Gasteiger partial charge on any atom is -0.464 e. The molecule has 0 aliphatic rings. The van der Waals surface area contributed by atoms with Crippen molar-refractivity contribution in [2.45, 2.75) is 58.1 Å². The van der Waals surface area contributed by atoms with Gasteiger partial charge in [0.1, 0.15) is 30.9 Å². The van der Waals surface area contributed by atoms with Crippen molar-refractivity contribution in [3.8, 4) is 22.5 Å². The molecule has 0 aliphatic carbocycles. The van der Waals surface area contributed by atoms with Crippen LogP contribution in [0, 0.1) is 20.2 Å². The molecule has 1 unspecified atom stereocenters. The SMILES string of the molecule is CCCc1nc2ccc(-c3nc4ccccc4n3C)cc2n1Cc1ccc(-c2ccccc2C(=O)NCC(=O)OCCCCCC(CO[N+](=O)[O-])O[N+](=O)[O-])cc1. The van der Waals surface area contributed by atoms with E-state index in [1.807, 2.05) is 61.6 Å². The van der Waals surface area contributed by atoms with Crippen molar-refractivity contribution in [2.24, 2.45) is 7.05 Å². The molecule has 1 atom stereocenters. The Morgan fingerprint density at radius 2 is 1.58 bits per heavy atom. The Morgan fingerprint density at radius 3 is 2.33 bits per heavy atom. The zero-order valence-electron chi connectivity index (χ0n) is 31.7. The van der Waals surface area contributed by atoms with Crippen LogP contribution in [0.5, 0.6) is 0 Å². The first-order valence-corrected chi connectivity index (χ1v) is 18.7. The van der Waals surface area contributed by atoms with Gasteiger partial charge in [-0.25, -0.2) is 9.97 Å². The minimum atomic E-state index is -1.08. The smallest absolute Gasteiger partial charge is 0.325 e. The molecule has 1 N–H and O–H groups in total. The highest BCUT2D eigenvalue weighted by atomic mass is 17.0. The summed E-state index contributed by atoms with van der Waals surface area (Å²) in [6.45, 7) is 1.93. The summed E-state index contributed by atoms with van der Waals surface area (Å²) in [6, 6.07) is 29.6. The van der Waals surface area contributed by atoms with E-state index in [1.165, 1.54) is 0 Å². The van der Waals surface area contributed by atoms with Crippen LogP contribution in [0.2, 0.25) is 0 Å². The molecule has 296 valence electrons. The molecule has 6 rings (SSSR count). The standard InChI is InChI=1S/C41H43N7O9/c1-3-11-38-43-35-22-21-30(40-44-34-15-8-9-16-36(34)45(40)2)24-37(35)46(38)26-28-17-19-29(20-18-28)32-13-6-7-14-33(32)41(50)42-25-39(49)55-23-10-4-5-12-31(57-48(53)54)27-56-47(51)52/h6-9,13-22,24,31H,3-5,10-12,23,25-27H2,1-2H3,(H,42,50). The number of nitrogens with one attached hydrogen (secondary N) is 1. The lowest BCUT2D eigenvalue weighted by Crippen LogP contribution is -2.31. The molecule has 0 saturated heterocycles. The monoisotopic (exact) mass is 777 g/mol. The number of esters is 1. The van der Waals surface area contributed by atoms with Gasteiger partial charge < -0.3 is 28.9 Å². The Hall–Kier alpha value is -6.84. The molecule has 0 fully saturated rings. The molecule has 0 radical (unpaired) electrons. The average molecular weight is 778 g/mol. The van der Waals surface area contributed by atoms with Crippen molar-refractivity contribution in [3.63, 3.8) is 0 Å². The molecule has 16 heteroatoms. The summed E-state index contributed by atoms with van der Waals surface area (Å²) in [6.07, 6.45) is 2.24.